The third-order valence-corrected chi connectivity index (χ3v) is 3.09. The number of carboxylic acids is 1. The lowest BCUT2D eigenvalue weighted by atomic mass is 10.1. The lowest BCUT2D eigenvalue weighted by molar-refractivity contribution is 0.0692. The third kappa shape index (κ3) is 3.05. The molecule has 0 spiro atoms. The first kappa shape index (κ1) is 14.3. The number of carbonyl (C=O) groups is 1. The molecule has 0 fully saturated rings. The summed E-state index contributed by atoms with van der Waals surface area (Å²) >= 11 is 5.80. The van der Waals surface area contributed by atoms with Gasteiger partial charge in [0, 0.05) is 11.2 Å². The van der Waals surface area contributed by atoms with E-state index in [4.69, 9.17) is 16.7 Å². The van der Waals surface area contributed by atoms with Crippen LogP contribution in [0.25, 0.3) is 0 Å². The Hall–Kier alpha value is -2.14. The van der Waals surface area contributed by atoms with Gasteiger partial charge in [-0.05, 0) is 30.7 Å². The van der Waals surface area contributed by atoms with Gasteiger partial charge in [-0.1, -0.05) is 23.7 Å². The monoisotopic (exact) mass is 294 g/mol. The van der Waals surface area contributed by atoms with Crippen LogP contribution in [-0.2, 0) is 0 Å². The van der Waals surface area contributed by atoms with Crippen LogP contribution in [0.2, 0.25) is 5.02 Å². The Morgan fingerprint density at radius 3 is 2.60 bits per heavy atom. The maximum Gasteiger partial charge on any atom is 0.338 e. The zero-order valence-electron chi connectivity index (χ0n) is 10.6. The van der Waals surface area contributed by atoms with Crippen molar-refractivity contribution in [3.63, 3.8) is 0 Å². The Kier molecular flexibility index (Phi) is 4.20. The van der Waals surface area contributed by atoms with Crippen molar-refractivity contribution < 1.29 is 14.3 Å². The SMILES string of the molecule is CC(Nc1nccc(C(=O)O)c1F)c1ccc(Cl)cc1. The maximum atomic E-state index is 13.9. The first-order valence-corrected chi connectivity index (χ1v) is 6.26. The molecule has 0 saturated carbocycles. The molecule has 1 heterocycles. The number of pyridine rings is 1. The second-order valence-corrected chi connectivity index (χ2v) is 4.68. The van der Waals surface area contributed by atoms with Crippen molar-refractivity contribution in [1.29, 1.82) is 0 Å². The molecule has 2 aromatic rings. The van der Waals surface area contributed by atoms with E-state index in [1.807, 2.05) is 6.92 Å². The van der Waals surface area contributed by atoms with Crippen LogP contribution >= 0.6 is 11.6 Å². The topological polar surface area (TPSA) is 62.2 Å². The maximum absolute atomic E-state index is 13.9. The summed E-state index contributed by atoms with van der Waals surface area (Å²) in [4.78, 5) is 14.7. The van der Waals surface area contributed by atoms with E-state index in [1.54, 1.807) is 24.3 Å². The summed E-state index contributed by atoms with van der Waals surface area (Å²) in [5.74, 6) is -2.29. The van der Waals surface area contributed by atoms with Crippen LogP contribution < -0.4 is 5.32 Å². The Morgan fingerprint density at radius 2 is 2.00 bits per heavy atom. The number of halogens is 2. The minimum absolute atomic E-state index is 0.0904. The molecule has 6 heteroatoms. The molecule has 1 aromatic carbocycles. The van der Waals surface area contributed by atoms with Gasteiger partial charge in [0.05, 0.1) is 6.04 Å². The molecular weight excluding hydrogens is 283 g/mol. The number of nitrogens with one attached hydrogen (secondary N) is 1. The standard InChI is InChI=1S/C14H12ClFN2O2/c1-8(9-2-4-10(15)5-3-9)18-13-12(16)11(14(19)20)6-7-17-13/h2-8H,1H3,(H,17,18)(H,19,20). The summed E-state index contributed by atoms with van der Waals surface area (Å²) < 4.78 is 13.9. The highest BCUT2D eigenvalue weighted by Crippen LogP contribution is 2.22. The van der Waals surface area contributed by atoms with Crippen molar-refractivity contribution in [2.45, 2.75) is 13.0 Å². The van der Waals surface area contributed by atoms with E-state index < -0.39 is 17.3 Å². The van der Waals surface area contributed by atoms with Gasteiger partial charge < -0.3 is 10.4 Å². The molecule has 1 atom stereocenters. The van der Waals surface area contributed by atoms with E-state index in [9.17, 15) is 9.18 Å². The number of rotatable bonds is 4. The number of anilines is 1. The third-order valence-electron chi connectivity index (χ3n) is 2.84. The Morgan fingerprint density at radius 1 is 1.35 bits per heavy atom. The Bertz CT molecular complexity index is 632. The van der Waals surface area contributed by atoms with E-state index >= 15 is 0 Å². The van der Waals surface area contributed by atoms with Crippen LogP contribution in [0.15, 0.2) is 36.5 Å². The predicted molar refractivity (Wildman–Crippen MR) is 74.6 cm³/mol. The predicted octanol–water partition coefficient (Wildman–Crippen LogP) is 3.75. The van der Waals surface area contributed by atoms with E-state index in [2.05, 4.69) is 10.3 Å². The summed E-state index contributed by atoms with van der Waals surface area (Å²) in [6.07, 6.45) is 1.25. The molecule has 0 aliphatic rings. The van der Waals surface area contributed by atoms with Crippen molar-refractivity contribution in [2.75, 3.05) is 5.32 Å². The molecule has 2 rings (SSSR count). The van der Waals surface area contributed by atoms with Crippen LogP contribution in [-0.4, -0.2) is 16.1 Å². The number of benzene rings is 1. The van der Waals surface area contributed by atoms with Crippen molar-refractivity contribution in [3.05, 3.63) is 58.5 Å². The molecule has 0 radical (unpaired) electrons. The number of nitrogens with zero attached hydrogens (tertiary/aromatic N) is 1. The van der Waals surface area contributed by atoms with E-state index in [-0.39, 0.29) is 11.9 Å². The molecule has 2 N–H and O–H groups in total. The molecule has 0 amide bonds. The lowest BCUT2D eigenvalue weighted by Crippen LogP contribution is -2.12. The fourth-order valence-corrected chi connectivity index (χ4v) is 1.88. The first-order chi connectivity index (χ1) is 9.49. The highest BCUT2D eigenvalue weighted by molar-refractivity contribution is 6.30. The molecular formula is C14H12ClFN2O2. The number of aromatic nitrogens is 1. The number of hydrogen-bond acceptors (Lipinski definition) is 3. The summed E-state index contributed by atoms with van der Waals surface area (Å²) in [7, 11) is 0. The quantitative estimate of drug-likeness (QED) is 0.901. The molecule has 104 valence electrons. The zero-order valence-corrected chi connectivity index (χ0v) is 11.4. The molecule has 0 saturated heterocycles. The Labute approximate surface area is 120 Å². The first-order valence-electron chi connectivity index (χ1n) is 5.89. The van der Waals surface area contributed by atoms with Crippen molar-refractivity contribution in [1.82, 2.24) is 4.98 Å². The summed E-state index contributed by atoms with van der Waals surface area (Å²) in [5.41, 5.74) is 0.474. The van der Waals surface area contributed by atoms with Gasteiger partial charge in [-0.25, -0.2) is 14.2 Å². The summed E-state index contributed by atoms with van der Waals surface area (Å²) in [6, 6.07) is 7.95. The molecule has 4 nitrogen and oxygen atoms in total. The van der Waals surface area contributed by atoms with Gasteiger partial charge in [-0.15, -0.1) is 0 Å². The van der Waals surface area contributed by atoms with Crippen molar-refractivity contribution in [2.24, 2.45) is 0 Å². The largest absolute Gasteiger partial charge is 0.478 e. The molecule has 0 bridgehead atoms. The molecule has 1 aromatic heterocycles. The van der Waals surface area contributed by atoms with Crippen LogP contribution in [0.4, 0.5) is 10.2 Å². The fraction of sp³-hybridized carbons (Fsp3) is 0.143. The minimum atomic E-state index is -1.33. The highest BCUT2D eigenvalue weighted by atomic mass is 35.5. The lowest BCUT2D eigenvalue weighted by Gasteiger charge is -2.16. The average molecular weight is 295 g/mol. The smallest absolute Gasteiger partial charge is 0.338 e. The highest BCUT2D eigenvalue weighted by Gasteiger charge is 2.16. The Balaban J connectivity index is 2.23. The van der Waals surface area contributed by atoms with Gasteiger partial charge in [-0.2, -0.15) is 0 Å². The zero-order chi connectivity index (χ0) is 14.7. The number of aromatic carboxylic acids is 1. The molecule has 0 aliphatic carbocycles. The van der Waals surface area contributed by atoms with Gasteiger partial charge in [0.25, 0.3) is 0 Å². The van der Waals surface area contributed by atoms with Crippen LogP contribution in [0.1, 0.15) is 28.9 Å². The number of hydrogen-bond donors (Lipinski definition) is 2. The van der Waals surface area contributed by atoms with Gasteiger partial charge >= 0.3 is 5.97 Å². The van der Waals surface area contributed by atoms with Gasteiger partial charge in [0.15, 0.2) is 11.6 Å². The van der Waals surface area contributed by atoms with E-state index in [1.165, 1.54) is 6.20 Å². The summed E-state index contributed by atoms with van der Waals surface area (Å²) in [5, 5.41) is 12.3. The number of carboxylic acid groups (broad SMARTS) is 1. The van der Waals surface area contributed by atoms with Gasteiger partial charge in [0.2, 0.25) is 0 Å². The molecule has 1 unspecified atom stereocenters. The van der Waals surface area contributed by atoms with Crippen molar-refractivity contribution in [3.8, 4) is 0 Å². The van der Waals surface area contributed by atoms with Crippen molar-refractivity contribution >= 4 is 23.4 Å². The molecule has 20 heavy (non-hydrogen) atoms. The van der Waals surface area contributed by atoms with Gasteiger partial charge in [0.1, 0.15) is 5.56 Å². The minimum Gasteiger partial charge on any atom is -0.478 e. The van der Waals surface area contributed by atoms with E-state index in [0.717, 1.165) is 11.6 Å². The van der Waals surface area contributed by atoms with Crippen LogP contribution in [0.3, 0.4) is 0 Å². The molecule has 0 aliphatic heterocycles. The second-order valence-electron chi connectivity index (χ2n) is 4.24. The normalized spacial score (nSPS) is 11.9. The van der Waals surface area contributed by atoms with E-state index in [0.29, 0.717) is 5.02 Å². The fourth-order valence-electron chi connectivity index (χ4n) is 1.75. The van der Waals surface area contributed by atoms with Crippen LogP contribution in [0, 0.1) is 5.82 Å². The summed E-state index contributed by atoms with van der Waals surface area (Å²) in [6.45, 7) is 1.82. The average Bonchev–Trinajstić information content (AvgIpc) is 2.41. The second kappa shape index (κ2) is 5.88. The van der Waals surface area contributed by atoms with Crippen LogP contribution in [0.5, 0.6) is 0 Å². The van der Waals surface area contributed by atoms with Gasteiger partial charge in [-0.3, -0.25) is 0 Å².